The number of anilines is 1. The van der Waals surface area contributed by atoms with Crippen LogP contribution in [-0.4, -0.2) is 56.6 Å². The van der Waals surface area contributed by atoms with E-state index in [0.29, 0.717) is 30.7 Å². The fraction of sp³-hybridized carbons (Fsp3) is 0.458. The molecule has 0 atom stereocenters. The number of methoxy groups -OCH3 is 1. The highest BCUT2D eigenvalue weighted by molar-refractivity contribution is 5.88. The SMILES string of the molecule is COCCOC1CC(Nc2ncc3c(-c4cc(F)c5nc(C)n(C(C)C)c5c4)ccn3n2)C1. The Labute approximate surface area is 191 Å². The number of hydrogen-bond acceptors (Lipinski definition) is 6. The lowest BCUT2D eigenvalue weighted by Gasteiger charge is -2.35. The third-order valence-electron chi connectivity index (χ3n) is 6.24. The zero-order valence-electron chi connectivity index (χ0n) is 19.4. The molecule has 174 valence electrons. The van der Waals surface area contributed by atoms with Crippen LogP contribution in [0.1, 0.15) is 38.6 Å². The van der Waals surface area contributed by atoms with E-state index in [1.54, 1.807) is 23.9 Å². The molecule has 1 aliphatic rings. The van der Waals surface area contributed by atoms with Gasteiger partial charge in [-0.15, -0.1) is 5.10 Å². The predicted molar refractivity (Wildman–Crippen MR) is 125 cm³/mol. The van der Waals surface area contributed by atoms with E-state index in [1.165, 1.54) is 0 Å². The summed E-state index contributed by atoms with van der Waals surface area (Å²) in [6, 6.07) is 5.96. The van der Waals surface area contributed by atoms with Crippen LogP contribution < -0.4 is 5.32 Å². The zero-order chi connectivity index (χ0) is 23.1. The van der Waals surface area contributed by atoms with E-state index in [1.807, 2.05) is 25.3 Å². The van der Waals surface area contributed by atoms with Gasteiger partial charge in [0.05, 0.1) is 36.5 Å². The third kappa shape index (κ3) is 4.06. The normalized spacial score (nSPS) is 18.4. The molecule has 8 nitrogen and oxygen atoms in total. The van der Waals surface area contributed by atoms with Crippen molar-refractivity contribution in [2.75, 3.05) is 25.6 Å². The van der Waals surface area contributed by atoms with Crippen LogP contribution in [0.2, 0.25) is 0 Å². The van der Waals surface area contributed by atoms with Gasteiger partial charge in [0.15, 0.2) is 5.82 Å². The lowest BCUT2D eigenvalue weighted by atomic mass is 9.89. The zero-order valence-corrected chi connectivity index (χ0v) is 19.4. The van der Waals surface area contributed by atoms with Crippen molar-refractivity contribution in [2.24, 2.45) is 0 Å². The molecular weight excluding hydrogens is 423 g/mol. The Morgan fingerprint density at radius 3 is 2.79 bits per heavy atom. The standard InChI is InChI=1S/C24H29FN6O2/c1-14(2)31-15(3)27-23-20(25)9-16(10-21(23)31)19-5-6-30-22(19)13-26-24(29-30)28-17-11-18(12-17)33-8-7-32-4/h5-6,9-10,13-14,17-18H,7-8,11-12H2,1-4H3,(H,28,29). The van der Waals surface area contributed by atoms with E-state index < -0.39 is 0 Å². The second-order valence-corrected chi connectivity index (χ2v) is 8.89. The van der Waals surface area contributed by atoms with Crippen molar-refractivity contribution in [1.82, 2.24) is 24.1 Å². The molecule has 3 heterocycles. The molecule has 0 aliphatic heterocycles. The second kappa shape index (κ2) is 8.72. The van der Waals surface area contributed by atoms with Crippen molar-refractivity contribution in [3.05, 3.63) is 42.2 Å². The maximum absolute atomic E-state index is 14.9. The number of nitrogens with zero attached hydrogens (tertiary/aromatic N) is 5. The molecule has 3 aromatic heterocycles. The Bertz CT molecular complexity index is 1290. The van der Waals surface area contributed by atoms with Crippen LogP contribution in [0.3, 0.4) is 0 Å². The number of imidazole rings is 1. The van der Waals surface area contributed by atoms with Gasteiger partial charge in [-0.25, -0.2) is 18.9 Å². The summed E-state index contributed by atoms with van der Waals surface area (Å²) in [5, 5.41) is 7.97. The molecule has 4 aromatic rings. The maximum atomic E-state index is 14.9. The highest BCUT2D eigenvalue weighted by atomic mass is 19.1. The highest BCUT2D eigenvalue weighted by Crippen LogP contribution is 2.32. The highest BCUT2D eigenvalue weighted by Gasteiger charge is 2.30. The summed E-state index contributed by atoms with van der Waals surface area (Å²) in [7, 11) is 1.67. The Kier molecular flexibility index (Phi) is 5.76. The molecule has 0 amide bonds. The number of fused-ring (bicyclic) bond motifs is 2. The van der Waals surface area contributed by atoms with Crippen molar-refractivity contribution >= 4 is 22.5 Å². The molecule has 0 saturated heterocycles. The fourth-order valence-corrected chi connectivity index (χ4v) is 4.59. The number of nitrogens with one attached hydrogen (secondary N) is 1. The van der Waals surface area contributed by atoms with Gasteiger partial charge in [0.25, 0.3) is 0 Å². The fourth-order valence-electron chi connectivity index (χ4n) is 4.59. The van der Waals surface area contributed by atoms with Crippen LogP contribution in [0.15, 0.2) is 30.6 Å². The van der Waals surface area contributed by atoms with Crippen molar-refractivity contribution in [3.8, 4) is 11.1 Å². The first kappa shape index (κ1) is 21.8. The summed E-state index contributed by atoms with van der Waals surface area (Å²) in [4.78, 5) is 8.94. The van der Waals surface area contributed by atoms with Crippen LogP contribution in [0.4, 0.5) is 10.3 Å². The van der Waals surface area contributed by atoms with Crippen LogP contribution >= 0.6 is 0 Å². The van der Waals surface area contributed by atoms with Crippen LogP contribution in [-0.2, 0) is 9.47 Å². The molecule has 5 rings (SSSR count). The quantitative estimate of drug-likeness (QED) is 0.400. The monoisotopic (exact) mass is 452 g/mol. The average molecular weight is 453 g/mol. The number of aromatic nitrogens is 5. The van der Waals surface area contributed by atoms with Gasteiger partial charge >= 0.3 is 0 Å². The average Bonchev–Trinajstić information content (AvgIpc) is 3.32. The number of ether oxygens (including phenoxy) is 2. The van der Waals surface area contributed by atoms with E-state index in [-0.39, 0.29) is 18.0 Å². The molecule has 1 saturated carbocycles. The largest absolute Gasteiger partial charge is 0.382 e. The topological polar surface area (TPSA) is 78.5 Å². The number of hydrogen-bond donors (Lipinski definition) is 1. The summed E-state index contributed by atoms with van der Waals surface area (Å²) in [6.45, 7) is 7.29. The van der Waals surface area contributed by atoms with Crippen molar-refractivity contribution in [2.45, 2.75) is 51.8 Å². The smallest absolute Gasteiger partial charge is 0.241 e. The molecular formula is C24H29FN6O2. The number of benzene rings is 1. The summed E-state index contributed by atoms with van der Waals surface area (Å²) < 4.78 is 29.5. The van der Waals surface area contributed by atoms with Gasteiger partial charge in [-0.2, -0.15) is 0 Å². The van der Waals surface area contributed by atoms with Gasteiger partial charge in [0.2, 0.25) is 5.95 Å². The lowest BCUT2D eigenvalue weighted by molar-refractivity contribution is -0.0261. The van der Waals surface area contributed by atoms with Gasteiger partial charge in [-0.1, -0.05) is 0 Å². The Morgan fingerprint density at radius 1 is 1.21 bits per heavy atom. The Balaban J connectivity index is 1.37. The summed E-state index contributed by atoms with van der Waals surface area (Å²) in [5.74, 6) is 1.05. The Hall–Kier alpha value is -3.04. The van der Waals surface area contributed by atoms with Crippen LogP contribution in [0.25, 0.3) is 27.7 Å². The number of rotatable bonds is 8. The molecule has 1 aromatic carbocycles. The van der Waals surface area contributed by atoms with Crippen molar-refractivity contribution in [3.63, 3.8) is 0 Å². The van der Waals surface area contributed by atoms with Gasteiger partial charge in [0, 0.05) is 31.0 Å². The summed E-state index contributed by atoms with van der Waals surface area (Å²) in [6.07, 6.45) is 5.76. The van der Waals surface area contributed by atoms with Gasteiger partial charge in [-0.05, 0) is 57.4 Å². The first-order chi connectivity index (χ1) is 15.9. The first-order valence-corrected chi connectivity index (χ1v) is 11.3. The van der Waals surface area contributed by atoms with E-state index >= 15 is 0 Å². The number of halogens is 1. The van der Waals surface area contributed by atoms with E-state index in [4.69, 9.17) is 9.47 Å². The molecule has 0 radical (unpaired) electrons. The first-order valence-electron chi connectivity index (χ1n) is 11.3. The molecule has 0 bridgehead atoms. The summed E-state index contributed by atoms with van der Waals surface area (Å²) in [5.41, 5.74) is 3.68. The molecule has 33 heavy (non-hydrogen) atoms. The molecule has 1 N–H and O–H groups in total. The maximum Gasteiger partial charge on any atom is 0.241 e. The predicted octanol–water partition coefficient (Wildman–Crippen LogP) is 4.38. The second-order valence-electron chi connectivity index (χ2n) is 8.89. The van der Waals surface area contributed by atoms with Crippen molar-refractivity contribution < 1.29 is 13.9 Å². The van der Waals surface area contributed by atoms with Crippen LogP contribution in [0.5, 0.6) is 0 Å². The summed E-state index contributed by atoms with van der Waals surface area (Å²) >= 11 is 0. The molecule has 0 unspecified atom stereocenters. The third-order valence-corrected chi connectivity index (χ3v) is 6.24. The molecule has 1 fully saturated rings. The minimum absolute atomic E-state index is 0.184. The molecule has 9 heteroatoms. The lowest BCUT2D eigenvalue weighted by Crippen LogP contribution is -2.41. The van der Waals surface area contributed by atoms with Crippen molar-refractivity contribution in [1.29, 1.82) is 0 Å². The minimum Gasteiger partial charge on any atom is -0.382 e. The van der Waals surface area contributed by atoms with Gasteiger partial charge < -0.3 is 19.4 Å². The van der Waals surface area contributed by atoms with Crippen LogP contribution in [0, 0.1) is 12.7 Å². The van der Waals surface area contributed by atoms with E-state index in [2.05, 4.69) is 38.8 Å². The minimum atomic E-state index is -0.323. The Morgan fingerprint density at radius 2 is 2.03 bits per heavy atom. The molecule has 1 aliphatic carbocycles. The van der Waals surface area contributed by atoms with E-state index in [9.17, 15) is 4.39 Å². The van der Waals surface area contributed by atoms with Gasteiger partial charge in [0.1, 0.15) is 11.3 Å². The van der Waals surface area contributed by atoms with E-state index in [0.717, 1.165) is 40.8 Å². The van der Waals surface area contributed by atoms with Gasteiger partial charge in [-0.3, -0.25) is 0 Å². The molecule has 0 spiro atoms. The number of aryl methyl sites for hydroxylation is 1.